The highest BCUT2D eigenvalue weighted by Gasteiger charge is 2.35. The van der Waals surface area contributed by atoms with Gasteiger partial charge in [-0.1, -0.05) is 25.4 Å². The summed E-state index contributed by atoms with van der Waals surface area (Å²) in [7, 11) is -0.268. The fraction of sp³-hybridized carbons (Fsp3) is 0.556. The van der Waals surface area contributed by atoms with E-state index in [4.69, 9.17) is 20.9 Å². The highest BCUT2D eigenvalue weighted by atomic mass is 35.5. The van der Waals surface area contributed by atoms with E-state index in [2.05, 4.69) is 13.8 Å². The van der Waals surface area contributed by atoms with Crippen molar-refractivity contribution >= 4 is 34.8 Å². The first-order chi connectivity index (χ1) is 6.58. The Bertz CT molecular complexity index is 316. The van der Waals surface area contributed by atoms with Crippen LogP contribution < -0.4 is 4.78 Å². The van der Waals surface area contributed by atoms with Crippen LogP contribution in [0.2, 0.25) is 5.02 Å². The average Bonchev–Trinajstić information content (AvgIpc) is 2.52. The molecule has 1 saturated heterocycles. The number of hydrogen-bond donors (Lipinski definition) is 0. The number of rotatable bonds is 1. The van der Waals surface area contributed by atoms with Gasteiger partial charge in [0.05, 0.1) is 9.80 Å². The van der Waals surface area contributed by atoms with Gasteiger partial charge in [0.2, 0.25) is 0 Å². The van der Waals surface area contributed by atoms with Crippen molar-refractivity contribution in [2.75, 3.05) is 13.2 Å². The van der Waals surface area contributed by atoms with Crippen LogP contribution in [0.1, 0.15) is 13.8 Å². The summed E-state index contributed by atoms with van der Waals surface area (Å²) in [6.07, 6.45) is 0. The predicted molar refractivity (Wildman–Crippen MR) is 60.4 cm³/mol. The zero-order valence-electron chi connectivity index (χ0n) is 8.25. The molecule has 0 N–H and O–H groups in total. The molecule has 0 spiro atoms. The van der Waals surface area contributed by atoms with Gasteiger partial charge in [-0.2, -0.15) is 11.3 Å². The molecule has 0 aliphatic carbocycles. The maximum atomic E-state index is 5.99. The highest BCUT2D eigenvalue weighted by molar-refractivity contribution is 7.21. The second kappa shape index (κ2) is 3.85. The molecule has 0 atom stereocenters. The summed E-state index contributed by atoms with van der Waals surface area (Å²) >= 11 is 7.57. The van der Waals surface area contributed by atoms with Gasteiger partial charge in [0.1, 0.15) is 0 Å². The maximum absolute atomic E-state index is 5.99. The zero-order chi connectivity index (χ0) is 10.2. The Morgan fingerprint density at radius 2 is 2.07 bits per heavy atom. The first kappa shape index (κ1) is 10.5. The van der Waals surface area contributed by atoms with E-state index in [1.807, 2.05) is 11.4 Å². The third kappa shape index (κ3) is 2.14. The predicted octanol–water partition coefficient (Wildman–Crippen LogP) is 2.17. The Morgan fingerprint density at radius 3 is 2.57 bits per heavy atom. The van der Waals surface area contributed by atoms with Gasteiger partial charge in [0.25, 0.3) is 0 Å². The monoisotopic (exact) mass is 230 g/mol. The van der Waals surface area contributed by atoms with Gasteiger partial charge in [-0.15, -0.1) is 0 Å². The summed E-state index contributed by atoms with van der Waals surface area (Å²) in [5.74, 6) is 0. The second-order valence-electron chi connectivity index (χ2n) is 4.25. The Kier molecular flexibility index (Phi) is 2.89. The molecule has 1 fully saturated rings. The minimum atomic E-state index is -0.268. The van der Waals surface area contributed by atoms with Crippen LogP contribution >= 0.6 is 22.9 Å². The van der Waals surface area contributed by atoms with E-state index >= 15 is 0 Å². The van der Waals surface area contributed by atoms with E-state index in [0.29, 0.717) is 13.2 Å². The normalized spacial score (nSPS) is 21.2. The number of thiophene rings is 1. The molecule has 14 heavy (non-hydrogen) atoms. The smallest absolute Gasteiger partial charge is 0.406 e. The molecule has 0 radical (unpaired) electrons. The lowest BCUT2D eigenvalue weighted by Crippen LogP contribution is -2.46. The van der Waals surface area contributed by atoms with Crippen molar-refractivity contribution in [3.63, 3.8) is 0 Å². The average molecular weight is 231 g/mol. The van der Waals surface area contributed by atoms with Crippen LogP contribution in [0.25, 0.3) is 0 Å². The lowest BCUT2D eigenvalue weighted by Gasteiger charge is -2.32. The first-order valence-corrected chi connectivity index (χ1v) is 5.80. The molecule has 2 heterocycles. The summed E-state index contributed by atoms with van der Waals surface area (Å²) in [5.41, 5.74) is 0.111. The molecular weight excluding hydrogens is 218 g/mol. The summed E-state index contributed by atoms with van der Waals surface area (Å²) in [5, 5.41) is 2.68. The molecule has 1 aliphatic heterocycles. The zero-order valence-corrected chi connectivity index (χ0v) is 9.82. The van der Waals surface area contributed by atoms with Gasteiger partial charge in [-0.25, -0.2) is 0 Å². The van der Waals surface area contributed by atoms with Crippen LogP contribution in [0.4, 0.5) is 0 Å². The molecule has 0 saturated carbocycles. The Morgan fingerprint density at radius 1 is 1.43 bits per heavy atom. The van der Waals surface area contributed by atoms with Crippen LogP contribution in [0.15, 0.2) is 11.4 Å². The molecule has 0 bridgehead atoms. The van der Waals surface area contributed by atoms with E-state index in [-0.39, 0.29) is 12.5 Å². The van der Waals surface area contributed by atoms with Crippen molar-refractivity contribution in [3.05, 3.63) is 16.5 Å². The van der Waals surface area contributed by atoms with Crippen molar-refractivity contribution in [1.29, 1.82) is 0 Å². The Labute approximate surface area is 93.3 Å². The highest BCUT2D eigenvalue weighted by Crippen LogP contribution is 2.23. The number of hydrogen-bond acceptors (Lipinski definition) is 3. The lowest BCUT2D eigenvalue weighted by atomic mass is 9.82. The van der Waals surface area contributed by atoms with E-state index < -0.39 is 0 Å². The van der Waals surface area contributed by atoms with Gasteiger partial charge >= 0.3 is 7.12 Å². The quantitative estimate of drug-likeness (QED) is 0.689. The van der Waals surface area contributed by atoms with E-state index in [0.717, 1.165) is 9.80 Å². The fourth-order valence-corrected chi connectivity index (χ4v) is 2.46. The second-order valence-corrected chi connectivity index (χ2v) is 5.61. The van der Waals surface area contributed by atoms with E-state index in [9.17, 15) is 0 Å². The summed E-state index contributed by atoms with van der Waals surface area (Å²) < 4.78 is 12.2. The van der Waals surface area contributed by atoms with Crippen molar-refractivity contribution in [1.82, 2.24) is 0 Å². The van der Waals surface area contributed by atoms with Gasteiger partial charge in [-0.05, 0) is 11.4 Å². The topological polar surface area (TPSA) is 18.5 Å². The van der Waals surface area contributed by atoms with Crippen LogP contribution in [0.3, 0.4) is 0 Å². The van der Waals surface area contributed by atoms with E-state index in [1.54, 1.807) is 11.3 Å². The number of halogens is 1. The van der Waals surface area contributed by atoms with Crippen LogP contribution in [0.5, 0.6) is 0 Å². The molecule has 1 aromatic heterocycles. The van der Waals surface area contributed by atoms with Crippen LogP contribution in [0, 0.1) is 5.41 Å². The van der Waals surface area contributed by atoms with Crippen molar-refractivity contribution < 1.29 is 9.31 Å². The molecule has 2 nitrogen and oxygen atoms in total. The Balaban J connectivity index is 2.06. The first-order valence-electron chi connectivity index (χ1n) is 4.55. The molecule has 2 rings (SSSR count). The van der Waals surface area contributed by atoms with Crippen LogP contribution in [-0.4, -0.2) is 20.3 Å². The standard InChI is InChI=1S/C9H12BClO2S/c1-9(2)5-12-10(13-6-9)8-7(11)3-4-14-8/h3-4H,5-6H2,1-2H3. The SMILES string of the molecule is CC1(C)COB(c2sccc2Cl)OC1. The molecule has 76 valence electrons. The third-order valence-corrected chi connectivity index (χ3v) is 3.49. The molecule has 0 aromatic carbocycles. The van der Waals surface area contributed by atoms with Gasteiger partial charge in [0.15, 0.2) is 0 Å². The lowest BCUT2D eigenvalue weighted by molar-refractivity contribution is 0.0346. The molecule has 0 unspecified atom stereocenters. The van der Waals surface area contributed by atoms with Crippen molar-refractivity contribution in [3.8, 4) is 0 Å². The van der Waals surface area contributed by atoms with E-state index in [1.165, 1.54) is 0 Å². The fourth-order valence-electron chi connectivity index (χ4n) is 1.32. The molecular formula is C9H12BClO2S. The molecule has 1 aromatic rings. The van der Waals surface area contributed by atoms with Crippen molar-refractivity contribution in [2.45, 2.75) is 13.8 Å². The minimum Gasteiger partial charge on any atom is -0.406 e. The Hall–Kier alpha value is -0.0251. The maximum Gasteiger partial charge on any atom is 0.506 e. The van der Waals surface area contributed by atoms with Crippen molar-refractivity contribution in [2.24, 2.45) is 5.41 Å². The largest absolute Gasteiger partial charge is 0.506 e. The molecule has 1 aliphatic rings. The summed E-state index contributed by atoms with van der Waals surface area (Å²) in [6.45, 7) is 5.68. The third-order valence-electron chi connectivity index (χ3n) is 2.11. The summed E-state index contributed by atoms with van der Waals surface area (Å²) in [4.78, 5) is 0. The van der Waals surface area contributed by atoms with Gasteiger partial charge < -0.3 is 9.31 Å². The molecule has 0 amide bonds. The summed E-state index contributed by atoms with van der Waals surface area (Å²) in [6, 6.07) is 1.87. The van der Waals surface area contributed by atoms with Gasteiger partial charge in [-0.3, -0.25) is 0 Å². The minimum absolute atomic E-state index is 0.111. The molecule has 5 heteroatoms. The van der Waals surface area contributed by atoms with Gasteiger partial charge in [0, 0.05) is 18.6 Å². The van der Waals surface area contributed by atoms with Crippen LogP contribution in [-0.2, 0) is 9.31 Å².